The minimum absolute atomic E-state index is 0.0475. The minimum Gasteiger partial charge on any atom is -0.333 e. The third kappa shape index (κ3) is 2.65. The standard InChI is InChI=1S/C15H17NO2/c1-3-11-16(18-12(2)17)15-10-6-8-13-7-4-5-9-14(13)15/h4-5,7,9,15H,6,8,10H2,1-2H3. The molecule has 0 aliphatic heterocycles. The zero-order valence-corrected chi connectivity index (χ0v) is 10.8. The molecule has 0 heterocycles. The second-order valence-corrected chi connectivity index (χ2v) is 4.38. The van der Waals surface area contributed by atoms with Gasteiger partial charge in [0.2, 0.25) is 0 Å². The summed E-state index contributed by atoms with van der Waals surface area (Å²) >= 11 is 0. The molecule has 2 rings (SSSR count). The Hall–Kier alpha value is -1.95. The zero-order valence-electron chi connectivity index (χ0n) is 10.8. The lowest BCUT2D eigenvalue weighted by atomic mass is 9.88. The van der Waals surface area contributed by atoms with Crippen LogP contribution < -0.4 is 0 Å². The number of fused-ring (bicyclic) bond motifs is 1. The van der Waals surface area contributed by atoms with Gasteiger partial charge in [-0.05, 0) is 37.3 Å². The maximum atomic E-state index is 11.2. The average molecular weight is 243 g/mol. The van der Waals surface area contributed by atoms with Gasteiger partial charge in [-0.2, -0.15) is 5.06 Å². The van der Waals surface area contributed by atoms with Crippen molar-refractivity contribution in [2.45, 2.75) is 39.2 Å². The highest BCUT2D eigenvalue weighted by Crippen LogP contribution is 2.33. The van der Waals surface area contributed by atoms with Gasteiger partial charge >= 0.3 is 5.97 Å². The normalized spacial score (nSPS) is 17.1. The molecule has 1 aromatic rings. The Labute approximate surface area is 108 Å². The number of benzene rings is 1. The van der Waals surface area contributed by atoms with Crippen molar-refractivity contribution in [2.24, 2.45) is 0 Å². The molecular weight excluding hydrogens is 226 g/mol. The predicted molar refractivity (Wildman–Crippen MR) is 69.2 cm³/mol. The Bertz CT molecular complexity index is 499. The number of hydrogen-bond acceptors (Lipinski definition) is 3. The molecule has 0 bridgehead atoms. The number of hydrogen-bond donors (Lipinski definition) is 0. The second kappa shape index (κ2) is 5.59. The van der Waals surface area contributed by atoms with Gasteiger partial charge in [0.15, 0.2) is 0 Å². The molecule has 0 fully saturated rings. The highest BCUT2D eigenvalue weighted by atomic mass is 16.7. The van der Waals surface area contributed by atoms with Crippen molar-refractivity contribution in [3.8, 4) is 12.0 Å². The molecule has 18 heavy (non-hydrogen) atoms. The molecule has 0 aromatic heterocycles. The summed E-state index contributed by atoms with van der Waals surface area (Å²) < 4.78 is 0. The van der Waals surface area contributed by atoms with Crippen LogP contribution in [0, 0.1) is 12.0 Å². The van der Waals surface area contributed by atoms with E-state index in [0.29, 0.717) is 0 Å². The highest BCUT2D eigenvalue weighted by Gasteiger charge is 2.26. The van der Waals surface area contributed by atoms with Crippen LogP contribution in [-0.2, 0) is 16.1 Å². The van der Waals surface area contributed by atoms with E-state index in [-0.39, 0.29) is 12.0 Å². The first-order valence-electron chi connectivity index (χ1n) is 6.20. The largest absolute Gasteiger partial charge is 0.333 e. The van der Waals surface area contributed by atoms with Gasteiger partial charge < -0.3 is 4.84 Å². The fourth-order valence-corrected chi connectivity index (χ4v) is 2.38. The Morgan fingerprint density at radius 3 is 2.94 bits per heavy atom. The smallest absolute Gasteiger partial charge is 0.330 e. The summed E-state index contributed by atoms with van der Waals surface area (Å²) in [6, 6.07) is 11.2. The van der Waals surface area contributed by atoms with Gasteiger partial charge in [0.1, 0.15) is 6.04 Å². The lowest BCUT2D eigenvalue weighted by molar-refractivity contribution is -0.182. The van der Waals surface area contributed by atoms with Crippen LogP contribution in [0.2, 0.25) is 0 Å². The first-order valence-corrected chi connectivity index (χ1v) is 6.20. The van der Waals surface area contributed by atoms with E-state index < -0.39 is 0 Å². The molecule has 0 saturated heterocycles. The van der Waals surface area contributed by atoms with E-state index in [1.165, 1.54) is 23.1 Å². The highest BCUT2D eigenvalue weighted by molar-refractivity contribution is 5.65. The Morgan fingerprint density at radius 1 is 1.44 bits per heavy atom. The van der Waals surface area contributed by atoms with Gasteiger partial charge in [-0.3, -0.25) is 0 Å². The van der Waals surface area contributed by atoms with Crippen molar-refractivity contribution in [1.82, 2.24) is 5.06 Å². The molecule has 94 valence electrons. The number of carbonyl (C=O) groups is 1. The predicted octanol–water partition coefficient (Wildman–Crippen LogP) is 2.82. The Kier molecular flexibility index (Phi) is 3.88. The summed E-state index contributed by atoms with van der Waals surface area (Å²) in [7, 11) is 0. The van der Waals surface area contributed by atoms with Crippen LogP contribution in [0.25, 0.3) is 0 Å². The lowest BCUT2D eigenvalue weighted by Gasteiger charge is -2.31. The van der Waals surface area contributed by atoms with E-state index in [1.54, 1.807) is 6.92 Å². The quantitative estimate of drug-likeness (QED) is 0.454. The van der Waals surface area contributed by atoms with Gasteiger partial charge in [0, 0.05) is 13.0 Å². The number of aryl methyl sites for hydroxylation is 1. The molecule has 3 nitrogen and oxygen atoms in total. The second-order valence-electron chi connectivity index (χ2n) is 4.38. The van der Waals surface area contributed by atoms with Crippen LogP contribution in [0.3, 0.4) is 0 Å². The number of nitrogens with zero attached hydrogens (tertiary/aromatic N) is 1. The van der Waals surface area contributed by atoms with Gasteiger partial charge in [-0.15, -0.1) is 0 Å². The first kappa shape index (κ1) is 12.5. The molecule has 1 aliphatic rings. The molecule has 0 saturated carbocycles. The summed E-state index contributed by atoms with van der Waals surface area (Å²) in [5.74, 6) is 2.47. The average Bonchev–Trinajstić information content (AvgIpc) is 2.37. The molecule has 3 heteroatoms. The van der Waals surface area contributed by atoms with Crippen LogP contribution in [0.5, 0.6) is 0 Å². The third-order valence-corrected chi connectivity index (χ3v) is 3.07. The van der Waals surface area contributed by atoms with Crippen molar-refractivity contribution < 1.29 is 9.63 Å². The maximum absolute atomic E-state index is 11.2. The van der Waals surface area contributed by atoms with Gasteiger partial charge in [0.05, 0.1) is 0 Å². The lowest BCUT2D eigenvalue weighted by Crippen LogP contribution is -2.29. The summed E-state index contributed by atoms with van der Waals surface area (Å²) in [6.45, 7) is 3.14. The summed E-state index contributed by atoms with van der Waals surface area (Å²) in [4.78, 5) is 16.4. The summed E-state index contributed by atoms with van der Waals surface area (Å²) in [6.07, 6.45) is 3.13. The SMILES string of the molecule is CC#CN(OC(C)=O)C1CCCc2ccccc21. The summed E-state index contributed by atoms with van der Waals surface area (Å²) in [5.41, 5.74) is 2.54. The van der Waals surface area contributed by atoms with Crippen LogP contribution in [0.1, 0.15) is 43.9 Å². The maximum Gasteiger partial charge on any atom is 0.330 e. The molecular formula is C15H17NO2. The van der Waals surface area contributed by atoms with Crippen molar-refractivity contribution >= 4 is 5.97 Å². The van der Waals surface area contributed by atoms with E-state index in [2.05, 4.69) is 24.1 Å². The van der Waals surface area contributed by atoms with Gasteiger partial charge in [0.25, 0.3) is 0 Å². The van der Waals surface area contributed by atoms with Crippen molar-refractivity contribution in [2.75, 3.05) is 0 Å². The Balaban J connectivity index is 2.31. The van der Waals surface area contributed by atoms with Crippen LogP contribution in [0.15, 0.2) is 24.3 Å². The molecule has 1 aromatic carbocycles. The molecule has 1 unspecified atom stereocenters. The fraction of sp³-hybridized carbons (Fsp3) is 0.400. The number of carbonyl (C=O) groups excluding carboxylic acids is 1. The van der Waals surface area contributed by atoms with Crippen LogP contribution >= 0.6 is 0 Å². The molecule has 0 spiro atoms. The minimum atomic E-state index is -0.333. The van der Waals surface area contributed by atoms with E-state index in [4.69, 9.17) is 4.84 Å². The molecule has 0 N–H and O–H groups in total. The van der Waals surface area contributed by atoms with Gasteiger partial charge in [-0.25, -0.2) is 4.79 Å². The topological polar surface area (TPSA) is 29.5 Å². The number of hydroxylamine groups is 2. The van der Waals surface area contributed by atoms with Crippen LogP contribution in [0.4, 0.5) is 0 Å². The summed E-state index contributed by atoms with van der Waals surface area (Å²) in [5, 5.41) is 1.50. The van der Waals surface area contributed by atoms with E-state index in [9.17, 15) is 4.79 Å². The Morgan fingerprint density at radius 2 is 2.22 bits per heavy atom. The first-order chi connectivity index (χ1) is 8.72. The van der Waals surface area contributed by atoms with E-state index in [0.717, 1.165) is 19.3 Å². The monoisotopic (exact) mass is 243 g/mol. The molecule has 0 amide bonds. The van der Waals surface area contributed by atoms with E-state index in [1.807, 2.05) is 12.1 Å². The zero-order chi connectivity index (χ0) is 13.0. The van der Waals surface area contributed by atoms with E-state index >= 15 is 0 Å². The molecule has 1 aliphatic carbocycles. The number of rotatable bonds is 2. The molecule has 1 atom stereocenters. The molecule has 0 radical (unpaired) electrons. The fourth-order valence-electron chi connectivity index (χ4n) is 2.38. The van der Waals surface area contributed by atoms with Crippen molar-refractivity contribution in [1.29, 1.82) is 0 Å². The van der Waals surface area contributed by atoms with Crippen molar-refractivity contribution in [3.05, 3.63) is 35.4 Å². The van der Waals surface area contributed by atoms with Crippen molar-refractivity contribution in [3.63, 3.8) is 0 Å². The van der Waals surface area contributed by atoms with Gasteiger partial charge in [-0.1, -0.05) is 30.2 Å². The van der Waals surface area contributed by atoms with Crippen LogP contribution in [-0.4, -0.2) is 11.0 Å². The third-order valence-electron chi connectivity index (χ3n) is 3.07.